The van der Waals surface area contributed by atoms with Crippen LogP contribution >= 0.6 is 23.2 Å². The maximum atomic E-state index is 12.0. The van der Waals surface area contributed by atoms with Crippen LogP contribution in [0.5, 0.6) is 5.75 Å². The second-order valence-corrected chi connectivity index (χ2v) is 5.62. The van der Waals surface area contributed by atoms with Crippen LogP contribution < -0.4 is 5.32 Å². The van der Waals surface area contributed by atoms with Gasteiger partial charge in [-0.15, -0.1) is 10.2 Å². The van der Waals surface area contributed by atoms with Crippen molar-refractivity contribution in [2.75, 3.05) is 0 Å². The normalized spacial score (nSPS) is 14.2. The summed E-state index contributed by atoms with van der Waals surface area (Å²) in [5, 5.41) is 20.4. The Morgan fingerprint density at radius 1 is 1.38 bits per heavy atom. The van der Waals surface area contributed by atoms with Crippen LogP contribution in [0.3, 0.4) is 0 Å². The number of phenols is 1. The van der Waals surface area contributed by atoms with Crippen molar-refractivity contribution in [3.8, 4) is 5.75 Å². The predicted octanol–water partition coefficient (Wildman–Crippen LogP) is 2.89. The molecule has 1 heterocycles. The molecular weight excluding hydrogens is 317 g/mol. The van der Waals surface area contributed by atoms with Gasteiger partial charge in [-0.05, 0) is 25.0 Å². The van der Waals surface area contributed by atoms with E-state index in [0.29, 0.717) is 17.7 Å². The molecular formula is C13H11Cl2N3O3. The number of nitrogens with one attached hydrogen (secondary N) is 1. The molecule has 6 nitrogen and oxygen atoms in total. The molecule has 0 radical (unpaired) electrons. The summed E-state index contributed by atoms with van der Waals surface area (Å²) < 4.78 is 5.42. The van der Waals surface area contributed by atoms with Crippen molar-refractivity contribution in [3.05, 3.63) is 39.5 Å². The number of aromatic nitrogens is 2. The number of phenolic OH excluding ortho intramolecular Hbond substituents is 1. The molecule has 0 spiro atoms. The lowest BCUT2D eigenvalue weighted by atomic mass is 10.2. The molecule has 110 valence electrons. The van der Waals surface area contributed by atoms with Crippen molar-refractivity contribution in [3.63, 3.8) is 0 Å². The molecule has 0 saturated heterocycles. The van der Waals surface area contributed by atoms with E-state index in [-0.39, 0.29) is 27.9 Å². The van der Waals surface area contributed by atoms with E-state index in [1.54, 1.807) is 0 Å². The van der Waals surface area contributed by atoms with Crippen molar-refractivity contribution in [2.45, 2.75) is 25.3 Å². The Balaban J connectivity index is 1.68. The van der Waals surface area contributed by atoms with Crippen LogP contribution in [0.4, 0.5) is 0 Å². The molecule has 2 aromatic rings. The molecule has 0 unspecified atom stereocenters. The zero-order valence-electron chi connectivity index (χ0n) is 10.8. The van der Waals surface area contributed by atoms with Crippen molar-refractivity contribution in [1.82, 2.24) is 15.5 Å². The van der Waals surface area contributed by atoms with Crippen LogP contribution in [0.25, 0.3) is 0 Å². The Morgan fingerprint density at radius 2 is 2.14 bits per heavy atom. The average molecular weight is 328 g/mol. The van der Waals surface area contributed by atoms with Gasteiger partial charge in [0.25, 0.3) is 5.91 Å². The number of hydrogen-bond donors (Lipinski definition) is 2. The first-order valence-electron chi connectivity index (χ1n) is 6.33. The molecule has 1 aliphatic rings. The Labute approximate surface area is 130 Å². The Kier molecular flexibility index (Phi) is 3.73. The van der Waals surface area contributed by atoms with Gasteiger partial charge in [-0.1, -0.05) is 23.2 Å². The van der Waals surface area contributed by atoms with Crippen LogP contribution in [0.1, 0.15) is 40.9 Å². The molecule has 21 heavy (non-hydrogen) atoms. The SMILES string of the molecule is O=C(NCc1nnc(C2CC2)o1)c1cc(Cl)cc(Cl)c1O. The molecule has 1 saturated carbocycles. The topological polar surface area (TPSA) is 88.3 Å². The van der Waals surface area contributed by atoms with Gasteiger partial charge in [0.2, 0.25) is 11.8 Å². The summed E-state index contributed by atoms with van der Waals surface area (Å²) in [6, 6.07) is 2.69. The molecule has 2 N–H and O–H groups in total. The van der Waals surface area contributed by atoms with E-state index in [1.807, 2.05) is 0 Å². The van der Waals surface area contributed by atoms with Crippen LogP contribution in [0, 0.1) is 0 Å². The molecule has 1 amide bonds. The minimum absolute atomic E-state index is 0.00516. The number of hydrogen-bond acceptors (Lipinski definition) is 5. The summed E-state index contributed by atoms with van der Waals surface area (Å²) in [6.45, 7) is 0.0716. The smallest absolute Gasteiger partial charge is 0.255 e. The minimum Gasteiger partial charge on any atom is -0.506 e. The number of halogens is 2. The van der Waals surface area contributed by atoms with Gasteiger partial charge in [0.15, 0.2) is 0 Å². The first-order chi connectivity index (χ1) is 10.0. The summed E-state index contributed by atoms with van der Waals surface area (Å²) in [5.74, 6) is 0.439. The van der Waals surface area contributed by atoms with E-state index >= 15 is 0 Å². The number of rotatable bonds is 4. The van der Waals surface area contributed by atoms with Gasteiger partial charge in [-0.2, -0.15) is 0 Å². The average Bonchev–Trinajstić information content (AvgIpc) is 3.19. The summed E-state index contributed by atoms with van der Waals surface area (Å²) in [6.07, 6.45) is 2.12. The molecule has 1 aliphatic carbocycles. The van der Waals surface area contributed by atoms with Gasteiger partial charge in [0.05, 0.1) is 17.1 Å². The van der Waals surface area contributed by atoms with E-state index in [2.05, 4.69) is 15.5 Å². The van der Waals surface area contributed by atoms with Gasteiger partial charge < -0.3 is 14.8 Å². The third-order valence-electron chi connectivity index (χ3n) is 3.08. The van der Waals surface area contributed by atoms with E-state index in [1.165, 1.54) is 12.1 Å². The van der Waals surface area contributed by atoms with Gasteiger partial charge in [-0.25, -0.2) is 0 Å². The summed E-state index contributed by atoms with van der Waals surface area (Å²) >= 11 is 11.6. The molecule has 1 aromatic carbocycles. The third-order valence-corrected chi connectivity index (χ3v) is 3.59. The van der Waals surface area contributed by atoms with Crippen LogP contribution in [-0.2, 0) is 6.54 Å². The standard InChI is InChI=1S/C13H11Cl2N3O3/c14-7-3-8(11(19)9(15)4-7)12(20)16-5-10-17-18-13(21-10)6-1-2-6/h3-4,6,19H,1-2,5H2,(H,16,20). The molecule has 3 rings (SSSR count). The molecule has 0 aliphatic heterocycles. The Morgan fingerprint density at radius 3 is 2.86 bits per heavy atom. The van der Waals surface area contributed by atoms with E-state index in [0.717, 1.165) is 12.8 Å². The summed E-state index contributed by atoms with van der Waals surface area (Å²) in [4.78, 5) is 12.0. The lowest BCUT2D eigenvalue weighted by Gasteiger charge is -2.07. The van der Waals surface area contributed by atoms with Crippen molar-refractivity contribution in [1.29, 1.82) is 0 Å². The van der Waals surface area contributed by atoms with Gasteiger partial charge in [0, 0.05) is 10.9 Å². The number of nitrogens with zero attached hydrogens (tertiary/aromatic N) is 2. The number of aromatic hydroxyl groups is 1. The van der Waals surface area contributed by atoms with E-state index in [9.17, 15) is 9.90 Å². The largest absolute Gasteiger partial charge is 0.506 e. The van der Waals surface area contributed by atoms with Crippen molar-refractivity contribution < 1.29 is 14.3 Å². The third kappa shape index (κ3) is 3.11. The maximum Gasteiger partial charge on any atom is 0.255 e. The number of carbonyl (C=O) groups excluding carboxylic acids is 1. The molecule has 0 atom stereocenters. The van der Waals surface area contributed by atoms with Gasteiger partial charge >= 0.3 is 0 Å². The van der Waals surface area contributed by atoms with Crippen LogP contribution in [0.2, 0.25) is 10.0 Å². The Hall–Kier alpha value is -1.79. The second-order valence-electron chi connectivity index (χ2n) is 4.77. The molecule has 8 heteroatoms. The monoisotopic (exact) mass is 327 g/mol. The fourth-order valence-corrected chi connectivity index (χ4v) is 2.32. The highest BCUT2D eigenvalue weighted by Gasteiger charge is 2.29. The lowest BCUT2D eigenvalue weighted by molar-refractivity contribution is 0.0944. The fraction of sp³-hybridized carbons (Fsp3) is 0.308. The highest BCUT2D eigenvalue weighted by Crippen LogP contribution is 2.39. The second kappa shape index (κ2) is 5.54. The maximum absolute atomic E-state index is 12.0. The zero-order valence-corrected chi connectivity index (χ0v) is 12.3. The highest BCUT2D eigenvalue weighted by molar-refractivity contribution is 6.36. The van der Waals surface area contributed by atoms with E-state index < -0.39 is 5.91 Å². The summed E-state index contributed by atoms with van der Waals surface area (Å²) in [5.41, 5.74) is -0.00516. The number of carbonyl (C=O) groups is 1. The van der Waals surface area contributed by atoms with Crippen molar-refractivity contribution >= 4 is 29.1 Å². The van der Waals surface area contributed by atoms with E-state index in [4.69, 9.17) is 27.6 Å². The van der Waals surface area contributed by atoms with Crippen LogP contribution in [-0.4, -0.2) is 21.2 Å². The van der Waals surface area contributed by atoms with Gasteiger partial charge in [0.1, 0.15) is 5.75 Å². The number of benzene rings is 1. The molecule has 1 aromatic heterocycles. The predicted molar refractivity (Wildman–Crippen MR) is 75.6 cm³/mol. The quantitative estimate of drug-likeness (QED) is 0.901. The molecule has 1 fully saturated rings. The minimum atomic E-state index is -0.525. The van der Waals surface area contributed by atoms with Crippen LogP contribution in [0.15, 0.2) is 16.5 Å². The zero-order chi connectivity index (χ0) is 15.0. The van der Waals surface area contributed by atoms with Crippen molar-refractivity contribution in [2.24, 2.45) is 0 Å². The van der Waals surface area contributed by atoms with Gasteiger partial charge in [-0.3, -0.25) is 4.79 Å². The summed E-state index contributed by atoms with van der Waals surface area (Å²) in [7, 11) is 0. The fourth-order valence-electron chi connectivity index (χ4n) is 1.82. The number of amides is 1. The highest BCUT2D eigenvalue weighted by atomic mass is 35.5. The lowest BCUT2D eigenvalue weighted by Crippen LogP contribution is -2.23. The first-order valence-corrected chi connectivity index (χ1v) is 7.08. The Bertz CT molecular complexity index is 698. The molecule has 0 bridgehead atoms. The first kappa shape index (κ1) is 14.2.